The van der Waals surface area contributed by atoms with Gasteiger partial charge in [0.1, 0.15) is 12.2 Å². The van der Waals surface area contributed by atoms with Crippen molar-refractivity contribution in [3.8, 4) is 0 Å². The molecule has 0 aromatic rings. The van der Waals surface area contributed by atoms with E-state index in [0.717, 1.165) is 12.8 Å². The van der Waals surface area contributed by atoms with Gasteiger partial charge < -0.3 is 19.3 Å². The first-order chi connectivity index (χ1) is 13.0. The monoisotopic (exact) mass is 392 g/mol. The molecule has 0 unspecified atom stereocenters. The van der Waals surface area contributed by atoms with Crippen LogP contribution in [0.5, 0.6) is 0 Å². The summed E-state index contributed by atoms with van der Waals surface area (Å²) in [6, 6.07) is 0. The van der Waals surface area contributed by atoms with E-state index in [0.29, 0.717) is 24.8 Å². The smallest absolute Gasteiger partial charge is 0.334 e. The fourth-order valence-electron chi connectivity index (χ4n) is 4.48. The van der Waals surface area contributed by atoms with Crippen molar-refractivity contribution in [1.82, 2.24) is 0 Å². The number of ether oxygens (including phenoxy) is 3. The molecular formula is C22H32O6. The van der Waals surface area contributed by atoms with Crippen molar-refractivity contribution in [2.75, 3.05) is 0 Å². The number of rotatable bonds is 1. The summed E-state index contributed by atoms with van der Waals surface area (Å²) < 4.78 is 17.2. The minimum atomic E-state index is -0.891. The summed E-state index contributed by atoms with van der Waals surface area (Å²) in [5.74, 6) is -1.08. The molecule has 6 heteroatoms. The van der Waals surface area contributed by atoms with Gasteiger partial charge in [0.2, 0.25) is 0 Å². The van der Waals surface area contributed by atoms with Gasteiger partial charge in [0.15, 0.2) is 0 Å². The summed E-state index contributed by atoms with van der Waals surface area (Å²) in [5, 5.41) is 10.6. The number of epoxide rings is 1. The van der Waals surface area contributed by atoms with Gasteiger partial charge in [-0.2, -0.15) is 0 Å². The SMILES string of the molecule is C=C1C(=O)O[C@H]2[C@@H](OC(C)=O)[C@H](C)CCC[C@@](C)(O)/C=C\C[C@@]3(C)O[C@H]3C[C@@H]12. The zero-order valence-electron chi connectivity index (χ0n) is 17.3. The van der Waals surface area contributed by atoms with Crippen LogP contribution in [0.4, 0.5) is 0 Å². The van der Waals surface area contributed by atoms with Gasteiger partial charge in [0.05, 0.1) is 17.3 Å². The summed E-state index contributed by atoms with van der Waals surface area (Å²) in [7, 11) is 0. The molecule has 2 aliphatic heterocycles. The predicted octanol–water partition coefficient (Wildman–Crippen LogP) is 3.08. The van der Waals surface area contributed by atoms with Gasteiger partial charge in [-0.1, -0.05) is 25.7 Å². The van der Waals surface area contributed by atoms with E-state index in [4.69, 9.17) is 14.2 Å². The molecule has 0 aromatic carbocycles. The second-order valence-electron chi connectivity index (χ2n) is 9.06. The second-order valence-corrected chi connectivity index (χ2v) is 9.06. The number of esters is 2. The van der Waals surface area contributed by atoms with Crippen LogP contribution in [0.25, 0.3) is 0 Å². The molecule has 156 valence electrons. The van der Waals surface area contributed by atoms with Crippen LogP contribution in [0.1, 0.15) is 59.8 Å². The quantitative estimate of drug-likeness (QED) is 0.319. The topological polar surface area (TPSA) is 85.4 Å². The van der Waals surface area contributed by atoms with Gasteiger partial charge in [-0.3, -0.25) is 4.79 Å². The third-order valence-electron chi connectivity index (χ3n) is 6.38. The Bertz CT molecular complexity index is 681. The second kappa shape index (κ2) is 7.64. The Morgan fingerprint density at radius 3 is 2.79 bits per heavy atom. The molecule has 0 spiro atoms. The first-order valence-corrected chi connectivity index (χ1v) is 10.2. The first-order valence-electron chi connectivity index (χ1n) is 10.2. The van der Waals surface area contributed by atoms with E-state index < -0.39 is 29.7 Å². The summed E-state index contributed by atoms with van der Waals surface area (Å²) in [4.78, 5) is 24.0. The van der Waals surface area contributed by atoms with E-state index in [9.17, 15) is 14.7 Å². The van der Waals surface area contributed by atoms with Crippen LogP contribution in [0, 0.1) is 11.8 Å². The molecule has 0 aromatic heterocycles. The molecule has 3 rings (SSSR count). The number of hydrogen-bond donors (Lipinski definition) is 1. The average molecular weight is 392 g/mol. The minimum absolute atomic E-state index is 0.0238. The third kappa shape index (κ3) is 4.49. The summed E-state index contributed by atoms with van der Waals surface area (Å²) in [6.45, 7) is 11.1. The molecule has 0 bridgehead atoms. The van der Waals surface area contributed by atoms with Crippen LogP contribution >= 0.6 is 0 Å². The van der Waals surface area contributed by atoms with E-state index in [1.807, 2.05) is 26.0 Å². The van der Waals surface area contributed by atoms with Crippen molar-refractivity contribution in [1.29, 1.82) is 0 Å². The molecule has 3 aliphatic rings. The maximum atomic E-state index is 12.3. The highest BCUT2D eigenvalue weighted by Gasteiger charge is 2.56. The zero-order chi connectivity index (χ0) is 20.7. The van der Waals surface area contributed by atoms with Crippen molar-refractivity contribution in [3.63, 3.8) is 0 Å². The summed E-state index contributed by atoms with van der Waals surface area (Å²) in [5.41, 5.74) is -0.786. The molecule has 1 aliphatic carbocycles. The highest BCUT2D eigenvalue weighted by molar-refractivity contribution is 5.91. The number of fused-ring (bicyclic) bond motifs is 2. The number of hydrogen-bond acceptors (Lipinski definition) is 6. The molecule has 6 nitrogen and oxygen atoms in total. The number of carbonyl (C=O) groups is 2. The van der Waals surface area contributed by atoms with Gasteiger partial charge in [-0.05, 0) is 51.9 Å². The van der Waals surface area contributed by atoms with Crippen LogP contribution in [-0.4, -0.2) is 46.6 Å². The summed E-state index contributed by atoms with van der Waals surface area (Å²) in [6.07, 6.45) is 6.10. The highest BCUT2D eigenvalue weighted by atomic mass is 16.6. The molecule has 2 saturated heterocycles. The van der Waals surface area contributed by atoms with Gasteiger partial charge in [-0.15, -0.1) is 0 Å². The largest absolute Gasteiger partial charge is 0.458 e. The molecule has 0 saturated carbocycles. The predicted molar refractivity (Wildman–Crippen MR) is 103 cm³/mol. The molecule has 2 fully saturated rings. The zero-order valence-corrected chi connectivity index (χ0v) is 17.3. The Labute approximate surface area is 166 Å². The lowest BCUT2D eigenvalue weighted by Crippen LogP contribution is -2.40. The van der Waals surface area contributed by atoms with Crippen LogP contribution in [-0.2, 0) is 23.8 Å². The fraction of sp³-hybridized carbons (Fsp3) is 0.727. The Hall–Kier alpha value is -1.66. The van der Waals surface area contributed by atoms with Gasteiger partial charge in [0, 0.05) is 18.4 Å². The van der Waals surface area contributed by atoms with Crippen LogP contribution in [0.3, 0.4) is 0 Å². The van der Waals surface area contributed by atoms with Crippen LogP contribution < -0.4 is 0 Å². The molecule has 1 N–H and O–H groups in total. The summed E-state index contributed by atoms with van der Waals surface area (Å²) >= 11 is 0. The molecule has 28 heavy (non-hydrogen) atoms. The van der Waals surface area contributed by atoms with Crippen molar-refractivity contribution in [2.45, 2.75) is 89.3 Å². The normalized spacial score (nSPS) is 45.2. The van der Waals surface area contributed by atoms with Crippen LogP contribution in [0.15, 0.2) is 24.3 Å². The third-order valence-corrected chi connectivity index (χ3v) is 6.38. The minimum Gasteiger partial charge on any atom is -0.458 e. The maximum Gasteiger partial charge on any atom is 0.334 e. The van der Waals surface area contributed by atoms with Gasteiger partial charge >= 0.3 is 11.9 Å². The number of aliphatic hydroxyl groups is 1. The standard InChI is InChI=1S/C22H32O6/c1-13-8-6-9-21(4,25)10-7-11-22(5)17(28-22)12-16-14(2)20(24)27-19(16)18(13)26-15(3)23/h7,10,13,16-19,25H,2,6,8-9,11-12H2,1,3-5H3/b10-7-/t13-,16+,17+,18+,19-,21-,22-/m1/s1. The van der Waals surface area contributed by atoms with E-state index >= 15 is 0 Å². The molecular weight excluding hydrogens is 360 g/mol. The molecule has 7 atom stereocenters. The van der Waals surface area contributed by atoms with E-state index in [-0.39, 0.29) is 23.5 Å². The number of carbonyl (C=O) groups excluding carboxylic acids is 2. The fourth-order valence-corrected chi connectivity index (χ4v) is 4.48. The Balaban J connectivity index is 1.89. The lowest BCUT2D eigenvalue weighted by atomic mass is 9.81. The van der Waals surface area contributed by atoms with Crippen LogP contribution in [0.2, 0.25) is 0 Å². The lowest BCUT2D eigenvalue weighted by Gasteiger charge is -2.31. The molecule has 0 amide bonds. The lowest BCUT2D eigenvalue weighted by molar-refractivity contribution is -0.165. The van der Waals surface area contributed by atoms with Crippen molar-refractivity contribution in [3.05, 3.63) is 24.3 Å². The highest BCUT2D eigenvalue weighted by Crippen LogP contribution is 2.47. The molecule has 0 radical (unpaired) electrons. The maximum absolute atomic E-state index is 12.3. The van der Waals surface area contributed by atoms with Crippen molar-refractivity contribution < 1.29 is 28.9 Å². The van der Waals surface area contributed by atoms with E-state index in [2.05, 4.69) is 6.58 Å². The van der Waals surface area contributed by atoms with Crippen molar-refractivity contribution in [2.24, 2.45) is 11.8 Å². The molecule has 2 heterocycles. The van der Waals surface area contributed by atoms with E-state index in [1.54, 1.807) is 6.92 Å². The Kier molecular flexibility index (Phi) is 5.74. The van der Waals surface area contributed by atoms with Gasteiger partial charge in [-0.25, -0.2) is 4.79 Å². The Morgan fingerprint density at radius 1 is 1.39 bits per heavy atom. The Morgan fingerprint density at radius 2 is 2.11 bits per heavy atom. The van der Waals surface area contributed by atoms with Crippen molar-refractivity contribution >= 4 is 11.9 Å². The van der Waals surface area contributed by atoms with E-state index in [1.165, 1.54) is 6.92 Å². The van der Waals surface area contributed by atoms with Gasteiger partial charge in [0.25, 0.3) is 0 Å². The first kappa shape index (κ1) is 21.1. The average Bonchev–Trinajstić information content (AvgIpc) is 3.13.